The molecule has 0 amide bonds. The van der Waals surface area contributed by atoms with Crippen molar-refractivity contribution < 1.29 is 4.74 Å². The van der Waals surface area contributed by atoms with Gasteiger partial charge in [0.1, 0.15) is 12.4 Å². The summed E-state index contributed by atoms with van der Waals surface area (Å²) in [5, 5.41) is 1.58. The zero-order valence-corrected chi connectivity index (χ0v) is 14.1. The van der Waals surface area contributed by atoms with Crippen molar-refractivity contribution in [3.05, 3.63) is 71.8 Å². The van der Waals surface area contributed by atoms with Crippen LogP contribution in [0.15, 0.2) is 60.7 Å². The van der Waals surface area contributed by atoms with Gasteiger partial charge < -0.3 is 4.74 Å². The number of thioether (sulfide) groups is 1. The summed E-state index contributed by atoms with van der Waals surface area (Å²) in [4.78, 5) is 0. The lowest BCUT2D eigenvalue weighted by molar-refractivity contribution is 0.306. The Hall–Kier alpha value is -1.67. The molecular weight excluding hydrogens is 300 g/mol. The first-order valence-electron chi connectivity index (χ1n) is 8.50. The number of ether oxygens (including phenoxy) is 1. The van der Waals surface area contributed by atoms with Crippen molar-refractivity contribution in [2.24, 2.45) is 0 Å². The predicted octanol–water partition coefficient (Wildman–Crippen LogP) is 5.71. The van der Waals surface area contributed by atoms with Gasteiger partial charge in [-0.15, -0.1) is 0 Å². The molecule has 2 aliphatic rings. The summed E-state index contributed by atoms with van der Waals surface area (Å²) in [6.07, 6.45) is 7.86. The summed E-state index contributed by atoms with van der Waals surface area (Å²) in [6.45, 7) is 0.629. The van der Waals surface area contributed by atoms with Gasteiger partial charge in [-0.05, 0) is 48.1 Å². The van der Waals surface area contributed by atoms with E-state index in [1.807, 2.05) is 18.2 Å². The fraction of sp³-hybridized carbons (Fsp3) is 0.333. The van der Waals surface area contributed by atoms with E-state index in [9.17, 15) is 0 Å². The second-order valence-corrected chi connectivity index (χ2v) is 7.97. The van der Waals surface area contributed by atoms with Gasteiger partial charge >= 0.3 is 0 Å². The second kappa shape index (κ2) is 6.84. The minimum absolute atomic E-state index is 0.629. The average molecular weight is 322 g/mol. The van der Waals surface area contributed by atoms with Crippen LogP contribution in [0.3, 0.4) is 0 Å². The number of hydrogen-bond donors (Lipinski definition) is 0. The molecule has 2 aromatic rings. The largest absolute Gasteiger partial charge is 0.489 e. The van der Waals surface area contributed by atoms with Gasteiger partial charge in [-0.2, -0.15) is 11.8 Å². The molecule has 2 unspecified atom stereocenters. The lowest BCUT2D eigenvalue weighted by Gasteiger charge is -2.33. The molecule has 23 heavy (non-hydrogen) atoms. The Kier molecular flexibility index (Phi) is 4.43. The van der Waals surface area contributed by atoms with Gasteiger partial charge in [-0.25, -0.2) is 0 Å². The maximum atomic E-state index is 5.89. The molecule has 1 fully saturated rings. The van der Waals surface area contributed by atoms with Crippen LogP contribution in [0, 0.1) is 0 Å². The van der Waals surface area contributed by atoms with Gasteiger partial charge in [0.05, 0.1) is 0 Å². The highest BCUT2D eigenvalue weighted by Crippen LogP contribution is 2.43. The molecule has 0 N–H and O–H groups in total. The molecule has 2 aromatic carbocycles. The summed E-state index contributed by atoms with van der Waals surface area (Å²) in [5.74, 6) is 0.948. The van der Waals surface area contributed by atoms with E-state index in [0.717, 1.165) is 16.2 Å². The van der Waals surface area contributed by atoms with Crippen molar-refractivity contribution in [1.29, 1.82) is 0 Å². The van der Waals surface area contributed by atoms with Crippen LogP contribution in [0.4, 0.5) is 0 Å². The first-order chi connectivity index (χ1) is 11.4. The van der Waals surface area contributed by atoms with Gasteiger partial charge in [0.25, 0.3) is 0 Å². The van der Waals surface area contributed by atoms with E-state index in [0.29, 0.717) is 6.61 Å². The Bertz CT molecular complexity index is 675. The summed E-state index contributed by atoms with van der Waals surface area (Å²) >= 11 is 2.18. The molecule has 1 nitrogen and oxygen atoms in total. The van der Waals surface area contributed by atoms with Crippen LogP contribution in [0.2, 0.25) is 0 Å². The smallest absolute Gasteiger partial charge is 0.119 e. The molecule has 1 saturated heterocycles. The fourth-order valence-corrected chi connectivity index (χ4v) is 5.08. The highest BCUT2D eigenvalue weighted by atomic mass is 32.2. The molecule has 2 heteroatoms. The molecular formula is C21H22OS. The Morgan fingerprint density at radius 2 is 1.78 bits per heavy atom. The van der Waals surface area contributed by atoms with E-state index in [2.05, 4.69) is 54.2 Å². The third-order valence-corrected chi connectivity index (χ3v) is 6.20. The first-order valence-corrected chi connectivity index (χ1v) is 9.44. The number of allylic oxidation sites excluding steroid dienone is 1. The molecule has 0 radical (unpaired) electrons. The van der Waals surface area contributed by atoms with Crippen LogP contribution in [0.1, 0.15) is 36.8 Å². The Morgan fingerprint density at radius 1 is 0.957 bits per heavy atom. The lowest BCUT2D eigenvalue weighted by Crippen LogP contribution is -2.21. The highest BCUT2D eigenvalue weighted by molar-refractivity contribution is 8.00. The van der Waals surface area contributed by atoms with Gasteiger partial charge in [0, 0.05) is 10.5 Å². The fourth-order valence-electron chi connectivity index (χ4n) is 3.46. The van der Waals surface area contributed by atoms with Crippen molar-refractivity contribution in [3.63, 3.8) is 0 Å². The molecule has 0 saturated carbocycles. The van der Waals surface area contributed by atoms with Crippen LogP contribution < -0.4 is 4.74 Å². The summed E-state index contributed by atoms with van der Waals surface area (Å²) < 4.78 is 5.89. The third kappa shape index (κ3) is 3.64. The van der Waals surface area contributed by atoms with Crippen molar-refractivity contribution in [3.8, 4) is 5.75 Å². The highest BCUT2D eigenvalue weighted by Gasteiger charge is 2.27. The van der Waals surface area contributed by atoms with Gasteiger partial charge in [-0.3, -0.25) is 0 Å². The molecule has 118 valence electrons. The maximum Gasteiger partial charge on any atom is 0.119 e. The first kappa shape index (κ1) is 14.9. The van der Waals surface area contributed by atoms with Crippen molar-refractivity contribution in [2.45, 2.75) is 42.8 Å². The zero-order chi connectivity index (χ0) is 15.5. The van der Waals surface area contributed by atoms with Crippen LogP contribution in [0.5, 0.6) is 5.75 Å². The minimum Gasteiger partial charge on any atom is -0.489 e. The number of hydrogen-bond acceptors (Lipinski definition) is 2. The molecule has 2 heterocycles. The Morgan fingerprint density at radius 3 is 2.57 bits per heavy atom. The SMILES string of the molecule is C1=C(c2ccc(OCc3ccccc3)cc2)CC2CCCC1S2. The van der Waals surface area contributed by atoms with E-state index < -0.39 is 0 Å². The Labute approximate surface area is 142 Å². The number of rotatable bonds is 4. The summed E-state index contributed by atoms with van der Waals surface area (Å²) in [7, 11) is 0. The van der Waals surface area contributed by atoms with Crippen LogP contribution in [-0.4, -0.2) is 10.5 Å². The topological polar surface area (TPSA) is 9.23 Å². The molecule has 2 atom stereocenters. The van der Waals surface area contributed by atoms with E-state index in [-0.39, 0.29) is 0 Å². The van der Waals surface area contributed by atoms with Crippen molar-refractivity contribution in [1.82, 2.24) is 0 Å². The monoisotopic (exact) mass is 322 g/mol. The summed E-state index contributed by atoms with van der Waals surface area (Å²) in [5.41, 5.74) is 4.11. The van der Waals surface area contributed by atoms with Crippen molar-refractivity contribution >= 4 is 17.3 Å². The van der Waals surface area contributed by atoms with Crippen molar-refractivity contribution in [2.75, 3.05) is 0 Å². The second-order valence-electron chi connectivity index (χ2n) is 6.42. The molecule has 2 aliphatic heterocycles. The van der Waals surface area contributed by atoms with E-state index >= 15 is 0 Å². The van der Waals surface area contributed by atoms with Gasteiger partial charge in [-0.1, -0.05) is 55.0 Å². The van der Waals surface area contributed by atoms with E-state index in [1.165, 1.54) is 42.4 Å². The average Bonchev–Trinajstić information content (AvgIpc) is 2.61. The molecule has 0 spiro atoms. The Balaban J connectivity index is 1.43. The predicted molar refractivity (Wildman–Crippen MR) is 98.8 cm³/mol. The quantitative estimate of drug-likeness (QED) is 0.713. The molecule has 2 bridgehead atoms. The molecule has 0 aromatic heterocycles. The van der Waals surface area contributed by atoms with Crippen LogP contribution in [0.25, 0.3) is 5.57 Å². The minimum atomic E-state index is 0.629. The third-order valence-electron chi connectivity index (χ3n) is 4.69. The zero-order valence-electron chi connectivity index (χ0n) is 13.3. The van der Waals surface area contributed by atoms with Gasteiger partial charge in [0.15, 0.2) is 0 Å². The normalized spacial score (nSPS) is 23.2. The molecule has 4 rings (SSSR count). The van der Waals surface area contributed by atoms with Crippen LogP contribution in [-0.2, 0) is 6.61 Å². The number of fused-ring (bicyclic) bond motifs is 2. The van der Waals surface area contributed by atoms with E-state index in [1.54, 1.807) is 0 Å². The van der Waals surface area contributed by atoms with E-state index in [4.69, 9.17) is 4.74 Å². The number of benzene rings is 2. The van der Waals surface area contributed by atoms with Gasteiger partial charge in [0.2, 0.25) is 0 Å². The maximum absolute atomic E-state index is 5.89. The molecule has 0 aliphatic carbocycles. The van der Waals surface area contributed by atoms with Crippen LogP contribution >= 0.6 is 11.8 Å². The standard InChI is InChI=1S/C21H22OS/c1-2-5-16(6-3-1)15-22-19-11-9-17(10-12-19)18-13-20-7-4-8-21(14-18)23-20/h1-3,5-6,9-13,20-21H,4,7-8,14-15H2. The summed E-state index contributed by atoms with van der Waals surface area (Å²) in [6, 6.07) is 19.0. The lowest BCUT2D eigenvalue weighted by atomic mass is 9.93.